The van der Waals surface area contributed by atoms with Crippen LogP contribution in [-0.2, 0) is 0 Å². The highest BCUT2D eigenvalue weighted by atomic mass is 16.4. The molecular weight excluding hydrogens is 294 g/mol. The zero-order valence-corrected chi connectivity index (χ0v) is 12.7. The number of para-hydroxylation sites is 1. The Morgan fingerprint density at radius 1 is 1.35 bits per heavy atom. The number of hydrogen-bond donors (Lipinski definition) is 2. The van der Waals surface area contributed by atoms with E-state index in [4.69, 9.17) is 4.42 Å². The Kier molecular flexibility index (Phi) is 3.53. The first kappa shape index (κ1) is 14.3. The monoisotopic (exact) mass is 313 g/mol. The number of phenolic OH excluding ortho intramolecular Hbond substituents is 1. The maximum Gasteiger partial charge on any atom is 0.307 e. The van der Waals surface area contributed by atoms with Crippen LogP contribution in [0.5, 0.6) is 5.75 Å². The van der Waals surface area contributed by atoms with Gasteiger partial charge in [-0.05, 0) is 37.4 Å². The van der Waals surface area contributed by atoms with Gasteiger partial charge in [-0.3, -0.25) is 4.79 Å². The molecule has 1 aromatic heterocycles. The number of aromatic nitrogens is 1. The minimum absolute atomic E-state index is 0.0381. The van der Waals surface area contributed by atoms with Crippen molar-refractivity contribution in [3.05, 3.63) is 36.4 Å². The maximum absolute atomic E-state index is 12.3. The normalized spacial score (nSPS) is 26.2. The standard InChI is InChI=1S/C17H19N3O3/c21-14-4-2-1-3-13(14)15-8-18-17(23-15)16(22)19-12-7-11-5-6-20(9-11)10-12/h1-4,8,11-12,21H,5-7,9-10H2,(H,19,22). The highest BCUT2D eigenvalue weighted by Crippen LogP contribution is 2.29. The molecule has 2 bridgehead atoms. The second-order valence-electron chi connectivity index (χ2n) is 6.37. The second-order valence-corrected chi connectivity index (χ2v) is 6.37. The minimum Gasteiger partial charge on any atom is -0.507 e. The maximum atomic E-state index is 12.3. The Balaban J connectivity index is 1.46. The van der Waals surface area contributed by atoms with Crippen molar-refractivity contribution < 1.29 is 14.3 Å². The number of benzene rings is 1. The highest BCUT2D eigenvalue weighted by molar-refractivity contribution is 5.90. The number of phenols is 1. The summed E-state index contributed by atoms with van der Waals surface area (Å²) < 4.78 is 5.53. The first-order valence-corrected chi connectivity index (χ1v) is 7.96. The first-order chi connectivity index (χ1) is 11.2. The summed E-state index contributed by atoms with van der Waals surface area (Å²) in [6.07, 6.45) is 3.72. The van der Waals surface area contributed by atoms with E-state index in [0.29, 0.717) is 17.2 Å². The van der Waals surface area contributed by atoms with E-state index < -0.39 is 0 Å². The number of amides is 1. The molecule has 2 aliphatic heterocycles. The Morgan fingerprint density at radius 2 is 2.22 bits per heavy atom. The van der Waals surface area contributed by atoms with Crippen molar-refractivity contribution in [3.63, 3.8) is 0 Å². The van der Waals surface area contributed by atoms with Gasteiger partial charge in [-0.15, -0.1) is 0 Å². The number of carbonyl (C=O) groups excluding carboxylic acids is 1. The first-order valence-electron chi connectivity index (χ1n) is 7.96. The number of rotatable bonds is 3. The van der Waals surface area contributed by atoms with E-state index in [9.17, 15) is 9.90 Å². The van der Waals surface area contributed by atoms with Crippen LogP contribution in [0.1, 0.15) is 23.5 Å². The lowest BCUT2D eigenvalue weighted by molar-refractivity contribution is 0.0875. The van der Waals surface area contributed by atoms with E-state index in [1.54, 1.807) is 24.3 Å². The van der Waals surface area contributed by atoms with Gasteiger partial charge in [0.25, 0.3) is 5.89 Å². The van der Waals surface area contributed by atoms with Gasteiger partial charge in [-0.1, -0.05) is 12.1 Å². The molecule has 0 saturated carbocycles. The van der Waals surface area contributed by atoms with Crippen molar-refractivity contribution in [2.45, 2.75) is 18.9 Å². The molecule has 23 heavy (non-hydrogen) atoms. The Labute approximate surface area is 134 Å². The van der Waals surface area contributed by atoms with Crippen molar-refractivity contribution >= 4 is 5.91 Å². The molecule has 2 aliphatic rings. The number of fused-ring (bicyclic) bond motifs is 2. The molecule has 2 fully saturated rings. The van der Waals surface area contributed by atoms with Gasteiger partial charge in [-0.25, -0.2) is 4.98 Å². The lowest BCUT2D eigenvalue weighted by atomic mass is 9.97. The highest BCUT2D eigenvalue weighted by Gasteiger charge is 2.33. The van der Waals surface area contributed by atoms with Gasteiger partial charge in [0.2, 0.25) is 0 Å². The summed E-state index contributed by atoms with van der Waals surface area (Å²) in [5, 5.41) is 12.9. The molecule has 1 aromatic carbocycles. The molecule has 4 rings (SSSR count). The topological polar surface area (TPSA) is 78.6 Å². The predicted molar refractivity (Wildman–Crippen MR) is 84.0 cm³/mol. The van der Waals surface area contributed by atoms with Crippen molar-refractivity contribution in [3.8, 4) is 17.1 Å². The molecule has 3 unspecified atom stereocenters. The molecule has 0 radical (unpaired) electrons. The van der Waals surface area contributed by atoms with Crippen LogP contribution >= 0.6 is 0 Å². The van der Waals surface area contributed by atoms with E-state index in [2.05, 4.69) is 15.2 Å². The summed E-state index contributed by atoms with van der Waals surface area (Å²) in [5.74, 6) is 0.929. The average Bonchev–Trinajstić information content (AvgIpc) is 3.15. The van der Waals surface area contributed by atoms with E-state index >= 15 is 0 Å². The van der Waals surface area contributed by atoms with Gasteiger partial charge in [0.05, 0.1) is 11.8 Å². The lowest BCUT2D eigenvalue weighted by Gasteiger charge is -2.30. The summed E-state index contributed by atoms with van der Waals surface area (Å²) in [6, 6.07) is 6.98. The number of carbonyl (C=O) groups is 1. The number of aromatic hydroxyl groups is 1. The van der Waals surface area contributed by atoms with Crippen LogP contribution in [0.3, 0.4) is 0 Å². The number of oxazole rings is 1. The van der Waals surface area contributed by atoms with Crippen LogP contribution in [-0.4, -0.2) is 46.6 Å². The van der Waals surface area contributed by atoms with Gasteiger partial charge in [0, 0.05) is 19.1 Å². The molecule has 120 valence electrons. The molecule has 6 nitrogen and oxygen atoms in total. The van der Waals surface area contributed by atoms with Gasteiger partial charge in [0.1, 0.15) is 5.75 Å². The van der Waals surface area contributed by atoms with Crippen LogP contribution in [0.2, 0.25) is 0 Å². The molecule has 1 amide bonds. The lowest BCUT2D eigenvalue weighted by Crippen LogP contribution is -2.47. The number of nitrogens with zero attached hydrogens (tertiary/aromatic N) is 2. The smallest absolute Gasteiger partial charge is 0.307 e. The minimum atomic E-state index is -0.292. The van der Waals surface area contributed by atoms with Crippen molar-refractivity contribution in [2.75, 3.05) is 19.6 Å². The number of hydrogen-bond acceptors (Lipinski definition) is 5. The van der Waals surface area contributed by atoms with Crippen molar-refractivity contribution in [1.82, 2.24) is 15.2 Å². The third kappa shape index (κ3) is 2.82. The second kappa shape index (κ2) is 5.70. The van der Waals surface area contributed by atoms with E-state index in [1.165, 1.54) is 12.6 Å². The molecule has 0 aliphatic carbocycles. The van der Waals surface area contributed by atoms with Crippen molar-refractivity contribution in [1.29, 1.82) is 0 Å². The van der Waals surface area contributed by atoms with Crippen LogP contribution in [0.4, 0.5) is 0 Å². The molecule has 2 aromatic rings. The summed E-state index contributed by atoms with van der Waals surface area (Å²) in [5.41, 5.74) is 0.529. The van der Waals surface area contributed by atoms with E-state index in [0.717, 1.165) is 26.1 Å². The Morgan fingerprint density at radius 3 is 3.04 bits per heavy atom. The Hall–Kier alpha value is -2.34. The van der Waals surface area contributed by atoms with Gasteiger partial charge < -0.3 is 19.7 Å². The van der Waals surface area contributed by atoms with Crippen LogP contribution in [0.25, 0.3) is 11.3 Å². The zero-order valence-electron chi connectivity index (χ0n) is 12.7. The summed E-state index contributed by atoms with van der Waals surface area (Å²) in [7, 11) is 0. The van der Waals surface area contributed by atoms with Gasteiger partial charge >= 0.3 is 5.91 Å². The van der Waals surface area contributed by atoms with Crippen LogP contribution in [0.15, 0.2) is 34.9 Å². The zero-order chi connectivity index (χ0) is 15.8. The molecular formula is C17H19N3O3. The predicted octanol–water partition coefficient (Wildman–Crippen LogP) is 1.87. The average molecular weight is 313 g/mol. The number of nitrogens with one attached hydrogen (secondary N) is 1. The fourth-order valence-electron chi connectivity index (χ4n) is 3.60. The van der Waals surface area contributed by atoms with E-state index in [-0.39, 0.29) is 23.6 Å². The fourth-order valence-corrected chi connectivity index (χ4v) is 3.60. The molecule has 0 spiro atoms. The third-order valence-electron chi connectivity index (χ3n) is 4.67. The Bertz CT molecular complexity index is 715. The number of piperidine rings is 1. The molecule has 3 heterocycles. The molecule has 6 heteroatoms. The summed E-state index contributed by atoms with van der Waals surface area (Å²) in [6.45, 7) is 3.19. The fraction of sp³-hybridized carbons (Fsp3) is 0.412. The van der Waals surface area contributed by atoms with Crippen LogP contribution in [0, 0.1) is 5.92 Å². The molecule has 2 N–H and O–H groups in total. The SMILES string of the molecule is O=C(NC1CC2CCN(C2)C1)c1ncc(-c2ccccc2O)o1. The quantitative estimate of drug-likeness (QED) is 0.904. The molecule has 3 atom stereocenters. The summed E-state index contributed by atoms with van der Waals surface area (Å²) in [4.78, 5) is 18.8. The van der Waals surface area contributed by atoms with Crippen LogP contribution < -0.4 is 5.32 Å². The van der Waals surface area contributed by atoms with Gasteiger partial charge in [-0.2, -0.15) is 0 Å². The molecule has 2 saturated heterocycles. The largest absolute Gasteiger partial charge is 0.507 e. The van der Waals surface area contributed by atoms with Gasteiger partial charge in [0.15, 0.2) is 5.76 Å². The van der Waals surface area contributed by atoms with Crippen molar-refractivity contribution in [2.24, 2.45) is 5.92 Å². The van der Waals surface area contributed by atoms with E-state index in [1.807, 2.05) is 0 Å². The summed E-state index contributed by atoms with van der Waals surface area (Å²) >= 11 is 0. The third-order valence-corrected chi connectivity index (χ3v) is 4.67.